The second-order valence-electron chi connectivity index (χ2n) is 4.57. The first kappa shape index (κ1) is 22.3. The van der Waals surface area contributed by atoms with E-state index in [2.05, 4.69) is 10.6 Å². The topological polar surface area (TPSA) is 159 Å². The van der Waals surface area contributed by atoms with Crippen molar-refractivity contribution in [2.75, 3.05) is 12.3 Å². The van der Waals surface area contributed by atoms with Gasteiger partial charge in [0.2, 0.25) is 11.8 Å². The number of carboxylic acids is 2. The quantitative estimate of drug-likeness (QED) is 0.228. The van der Waals surface area contributed by atoms with E-state index in [9.17, 15) is 19.2 Å². The molecule has 0 aliphatic rings. The predicted molar refractivity (Wildman–Crippen MR) is 92.3 cm³/mol. The third-order valence-electron chi connectivity index (χ3n) is 2.56. The lowest BCUT2D eigenvalue weighted by Crippen LogP contribution is -2.49. The van der Waals surface area contributed by atoms with Crippen LogP contribution in [0.15, 0.2) is 11.5 Å². The first-order valence-electron chi connectivity index (χ1n) is 6.94. The molecule has 0 spiro atoms. The van der Waals surface area contributed by atoms with Gasteiger partial charge >= 0.3 is 11.9 Å². The average Bonchev–Trinajstić information content (AvgIpc) is 2.52. The lowest BCUT2D eigenvalue weighted by atomic mass is 10.1. The van der Waals surface area contributed by atoms with E-state index in [1.165, 1.54) is 21.6 Å². The molecule has 0 aliphatic heterocycles. The lowest BCUT2D eigenvalue weighted by Gasteiger charge is -2.17. The van der Waals surface area contributed by atoms with Gasteiger partial charge in [0.05, 0.1) is 0 Å². The number of nitrogens with one attached hydrogen (secondary N) is 2. The summed E-state index contributed by atoms with van der Waals surface area (Å²) >= 11 is 0. The van der Waals surface area contributed by atoms with Crippen molar-refractivity contribution < 1.29 is 29.4 Å². The Kier molecular flexibility index (Phi) is 11.8. The molecular formula is C13H21N3O6S2. The molecule has 0 heterocycles. The number of hydrogen-bond acceptors (Lipinski definition) is 7. The van der Waals surface area contributed by atoms with Gasteiger partial charge in [0.1, 0.15) is 18.6 Å². The summed E-state index contributed by atoms with van der Waals surface area (Å²) in [6.07, 6.45) is 1.59. The van der Waals surface area contributed by atoms with Gasteiger partial charge in [0, 0.05) is 12.2 Å². The van der Waals surface area contributed by atoms with Gasteiger partial charge in [-0.05, 0) is 18.8 Å². The number of nitrogens with two attached hydrogens (primary N) is 1. The van der Waals surface area contributed by atoms with E-state index in [0.29, 0.717) is 0 Å². The summed E-state index contributed by atoms with van der Waals surface area (Å²) in [5.41, 5.74) is 5.31. The molecule has 0 saturated carbocycles. The maximum atomic E-state index is 11.9. The first-order valence-corrected chi connectivity index (χ1v) is 9.32. The maximum absolute atomic E-state index is 11.9. The monoisotopic (exact) mass is 379 g/mol. The van der Waals surface area contributed by atoms with Crippen LogP contribution < -0.4 is 16.4 Å². The highest BCUT2D eigenvalue weighted by Gasteiger charge is 2.22. The Morgan fingerprint density at radius 1 is 1.25 bits per heavy atom. The maximum Gasteiger partial charge on any atom is 0.322 e. The van der Waals surface area contributed by atoms with Gasteiger partial charge in [-0.25, -0.2) is 0 Å². The summed E-state index contributed by atoms with van der Waals surface area (Å²) in [6.45, 7) is 1.28. The van der Waals surface area contributed by atoms with Crippen LogP contribution >= 0.6 is 21.6 Å². The van der Waals surface area contributed by atoms with Crippen molar-refractivity contribution in [2.45, 2.75) is 31.8 Å². The Bertz CT molecular complexity index is 486. The fourth-order valence-electron chi connectivity index (χ4n) is 1.35. The molecule has 0 rings (SSSR count). The van der Waals surface area contributed by atoms with Gasteiger partial charge in [-0.3, -0.25) is 19.2 Å². The van der Waals surface area contributed by atoms with Crippen LogP contribution in [0.4, 0.5) is 0 Å². The normalized spacial score (nSPS) is 13.2. The van der Waals surface area contributed by atoms with Crippen molar-refractivity contribution in [3.63, 3.8) is 0 Å². The Hall–Kier alpha value is -1.72. The second kappa shape index (κ2) is 12.7. The fraction of sp³-hybridized carbons (Fsp3) is 0.538. The zero-order valence-corrected chi connectivity index (χ0v) is 14.7. The van der Waals surface area contributed by atoms with E-state index in [0.717, 1.165) is 0 Å². The van der Waals surface area contributed by atoms with Crippen LogP contribution in [0.1, 0.15) is 19.8 Å². The Labute approximate surface area is 147 Å². The molecular weight excluding hydrogens is 358 g/mol. The average molecular weight is 379 g/mol. The van der Waals surface area contributed by atoms with Crippen LogP contribution in [-0.4, -0.2) is 58.3 Å². The van der Waals surface area contributed by atoms with E-state index in [1.807, 2.05) is 13.0 Å². The van der Waals surface area contributed by atoms with Crippen molar-refractivity contribution in [3.8, 4) is 0 Å². The van der Waals surface area contributed by atoms with Crippen LogP contribution in [0.5, 0.6) is 0 Å². The highest BCUT2D eigenvalue weighted by Crippen LogP contribution is 2.23. The third kappa shape index (κ3) is 10.9. The fourth-order valence-corrected chi connectivity index (χ4v) is 3.20. The number of rotatable bonds is 12. The summed E-state index contributed by atoms with van der Waals surface area (Å²) in [5.74, 6) is -3.34. The molecule has 136 valence electrons. The van der Waals surface area contributed by atoms with Gasteiger partial charge < -0.3 is 26.6 Å². The van der Waals surface area contributed by atoms with Gasteiger partial charge in [-0.1, -0.05) is 27.7 Å². The van der Waals surface area contributed by atoms with Gasteiger partial charge in [-0.2, -0.15) is 0 Å². The van der Waals surface area contributed by atoms with Crippen LogP contribution in [-0.2, 0) is 19.2 Å². The highest BCUT2D eigenvalue weighted by atomic mass is 33.1. The number of hydrogen-bond donors (Lipinski definition) is 5. The van der Waals surface area contributed by atoms with Crippen molar-refractivity contribution in [1.82, 2.24) is 10.6 Å². The Morgan fingerprint density at radius 3 is 2.46 bits per heavy atom. The van der Waals surface area contributed by atoms with Crippen LogP contribution in [0.3, 0.4) is 0 Å². The number of aliphatic carboxylic acids is 2. The lowest BCUT2D eigenvalue weighted by molar-refractivity contribution is -0.139. The minimum Gasteiger partial charge on any atom is -0.480 e. The van der Waals surface area contributed by atoms with Crippen molar-refractivity contribution >= 4 is 45.3 Å². The number of amides is 2. The van der Waals surface area contributed by atoms with Crippen molar-refractivity contribution in [1.29, 1.82) is 0 Å². The molecule has 9 nitrogen and oxygen atoms in total. The molecule has 0 bridgehead atoms. The van der Waals surface area contributed by atoms with E-state index < -0.39 is 42.4 Å². The molecule has 0 saturated heterocycles. The zero-order chi connectivity index (χ0) is 18.5. The van der Waals surface area contributed by atoms with E-state index in [-0.39, 0.29) is 18.6 Å². The summed E-state index contributed by atoms with van der Waals surface area (Å²) in [7, 11) is 2.67. The van der Waals surface area contributed by atoms with Crippen LogP contribution in [0.25, 0.3) is 0 Å². The number of carboxylic acid groups (broad SMARTS) is 2. The summed E-state index contributed by atoms with van der Waals surface area (Å²) in [5, 5.41) is 23.7. The molecule has 6 N–H and O–H groups in total. The molecule has 0 aliphatic carbocycles. The predicted octanol–water partition coefficient (Wildman–Crippen LogP) is -0.221. The first-order chi connectivity index (χ1) is 11.3. The smallest absolute Gasteiger partial charge is 0.322 e. The molecule has 2 amide bonds. The molecule has 0 aromatic heterocycles. The summed E-state index contributed by atoms with van der Waals surface area (Å²) in [6, 6.07) is -2.09. The molecule has 11 heteroatoms. The minimum absolute atomic E-state index is 0.0644. The SMILES string of the molecule is CC=CSSC[C@H](NC(=O)CC[C@H](N)C(=O)O)C(=O)NCC(=O)O. The molecule has 0 unspecified atom stereocenters. The molecule has 2 atom stereocenters. The third-order valence-corrected chi connectivity index (χ3v) is 4.70. The molecule has 24 heavy (non-hydrogen) atoms. The summed E-state index contributed by atoms with van der Waals surface area (Å²) < 4.78 is 0. The van der Waals surface area contributed by atoms with E-state index in [4.69, 9.17) is 15.9 Å². The number of allylic oxidation sites excluding steroid dienone is 1. The standard InChI is InChI=1S/C13H21N3O6S2/c1-2-5-23-24-7-9(12(20)15-6-11(18)19)16-10(17)4-3-8(14)13(21)22/h2,5,8-9H,3-4,6-7,14H2,1H3,(H,15,20)(H,16,17)(H,18,19)(H,21,22)/t8-,9-/m0/s1. The van der Waals surface area contributed by atoms with Gasteiger partial charge in [-0.15, -0.1) is 0 Å². The zero-order valence-electron chi connectivity index (χ0n) is 13.1. The van der Waals surface area contributed by atoms with E-state index >= 15 is 0 Å². The van der Waals surface area contributed by atoms with Gasteiger partial charge in [0.25, 0.3) is 0 Å². The molecule has 0 aromatic carbocycles. The Morgan fingerprint density at radius 2 is 1.92 bits per heavy atom. The minimum atomic E-state index is -1.21. The largest absolute Gasteiger partial charge is 0.480 e. The van der Waals surface area contributed by atoms with Crippen LogP contribution in [0.2, 0.25) is 0 Å². The van der Waals surface area contributed by atoms with Crippen molar-refractivity contribution in [2.24, 2.45) is 5.73 Å². The van der Waals surface area contributed by atoms with Crippen molar-refractivity contribution in [3.05, 3.63) is 11.5 Å². The van der Waals surface area contributed by atoms with E-state index in [1.54, 1.807) is 5.41 Å². The second-order valence-corrected chi connectivity index (χ2v) is 6.88. The molecule has 0 fully saturated rings. The van der Waals surface area contributed by atoms with Gasteiger partial charge in [0.15, 0.2) is 0 Å². The number of carbonyl (C=O) groups is 4. The molecule has 0 aromatic rings. The summed E-state index contributed by atoms with van der Waals surface area (Å²) in [4.78, 5) is 44.9. The number of carbonyl (C=O) groups excluding carboxylic acids is 2. The highest BCUT2D eigenvalue weighted by molar-refractivity contribution is 8.77. The van der Waals surface area contributed by atoms with Crippen LogP contribution in [0, 0.1) is 0 Å². The Balaban J connectivity index is 4.54. The molecule has 0 radical (unpaired) electrons.